The Balaban J connectivity index is 2.59. The lowest BCUT2D eigenvalue weighted by Gasteiger charge is -2.38. The Morgan fingerprint density at radius 1 is 1.42 bits per heavy atom. The second-order valence-corrected chi connectivity index (χ2v) is 5.93. The minimum atomic E-state index is -0.497. The van der Waals surface area contributed by atoms with Crippen LogP contribution in [0.2, 0.25) is 0 Å². The molecule has 0 aliphatic carbocycles. The molecule has 1 aliphatic heterocycles. The fourth-order valence-corrected chi connectivity index (χ4v) is 2.11. The van der Waals surface area contributed by atoms with Crippen LogP contribution in [-0.2, 0) is 9.53 Å². The lowest BCUT2D eigenvalue weighted by atomic mass is 10.0. The summed E-state index contributed by atoms with van der Waals surface area (Å²) in [7, 11) is 1.73. The average Bonchev–Trinajstić information content (AvgIpc) is 2.35. The van der Waals surface area contributed by atoms with Gasteiger partial charge in [-0.3, -0.25) is 4.79 Å². The molecule has 2 amide bonds. The summed E-state index contributed by atoms with van der Waals surface area (Å²) < 4.78 is 5.35. The van der Waals surface area contributed by atoms with Crippen molar-refractivity contribution in [3.63, 3.8) is 0 Å². The molecule has 0 saturated carbocycles. The first-order valence-corrected chi connectivity index (χ1v) is 6.68. The maximum atomic E-state index is 12.0. The summed E-state index contributed by atoms with van der Waals surface area (Å²) >= 11 is 0. The smallest absolute Gasteiger partial charge is 0.410 e. The highest BCUT2D eigenvalue weighted by Crippen LogP contribution is 2.18. The van der Waals surface area contributed by atoms with Crippen LogP contribution in [0.3, 0.4) is 0 Å². The maximum absolute atomic E-state index is 12.0. The molecule has 0 unspecified atom stereocenters. The summed E-state index contributed by atoms with van der Waals surface area (Å²) in [4.78, 5) is 26.9. The number of likely N-dealkylation sites (N-methyl/N-ethyl adjacent to an activating group) is 1. The number of carbonyl (C=O) groups is 2. The largest absolute Gasteiger partial charge is 0.444 e. The minimum absolute atomic E-state index is 0.000558. The highest BCUT2D eigenvalue weighted by Gasteiger charge is 2.30. The van der Waals surface area contributed by atoms with Gasteiger partial charge in [-0.1, -0.05) is 0 Å². The Morgan fingerprint density at radius 2 is 2.05 bits per heavy atom. The van der Waals surface area contributed by atoms with Gasteiger partial charge in [0.15, 0.2) is 0 Å². The summed E-state index contributed by atoms with van der Waals surface area (Å²) in [6.45, 7) is 6.72. The second kappa shape index (κ2) is 6.23. The second-order valence-electron chi connectivity index (χ2n) is 5.93. The first kappa shape index (κ1) is 15.8. The van der Waals surface area contributed by atoms with Gasteiger partial charge < -0.3 is 20.3 Å². The fraction of sp³-hybridized carbons (Fsp3) is 0.846. The van der Waals surface area contributed by atoms with E-state index in [9.17, 15) is 9.59 Å². The molecule has 1 fully saturated rings. The average molecular weight is 271 g/mol. The number of amides is 2. The zero-order chi connectivity index (χ0) is 14.6. The predicted octanol–water partition coefficient (Wildman–Crippen LogP) is 0.803. The topological polar surface area (TPSA) is 75.9 Å². The number of rotatable bonds is 2. The number of hydrogen-bond donors (Lipinski definition) is 1. The molecule has 0 aromatic rings. The van der Waals surface area contributed by atoms with E-state index < -0.39 is 5.60 Å². The molecular formula is C13H25N3O3. The molecule has 1 saturated heterocycles. The molecule has 0 bridgehead atoms. The van der Waals surface area contributed by atoms with E-state index in [4.69, 9.17) is 10.5 Å². The molecule has 19 heavy (non-hydrogen) atoms. The third-order valence-electron chi connectivity index (χ3n) is 3.16. The lowest BCUT2D eigenvalue weighted by molar-refractivity contribution is -0.131. The molecule has 1 atom stereocenters. The van der Waals surface area contributed by atoms with Crippen molar-refractivity contribution in [3.05, 3.63) is 0 Å². The van der Waals surface area contributed by atoms with E-state index >= 15 is 0 Å². The molecule has 1 aliphatic rings. The molecule has 2 N–H and O–H groups in total. The van der Waals surface area contributed by atoms with Gasteiger partial charge in [0, 0.05) is 26.2 Å². The van der Waals surface area contributed by atoms with Crippen LogP contribution in [0.5, 0.6) is 0 Å². The maximum Gasteiger partial charge on any atom is 0.410 e. The van der Waals surface area contributed by atoms with Crippen molar-refractivity contribution in [2.24, 2.45) is 5.73 Å². The number of ether oxygens (including phenoxy) is 1. The van der Waals surface area contributed by atoms with Crippen LogP contribution < -0.4 is 5.73 Å². The van der Waals surface area contributed by atoms with Crippen molar-refractivity contribution in [2.45, 2.75) is 45.3 Å². The van der Waals surface area contributed by atoms with Gasteiger partial charge in [-0.05, 0) is 33.6 Å². The number of piperidine rings is 1. The van der Waals surface area contributed by atoms with Gasteiger partial charge in [-0.25, -0.2) is 4.79 Å². The van der Waals surface area contributed by atoms with Crippen LogP contribution in [0.1, 0.15) is 33.6 Å². The molecule has 6 nitrogen and oxygen atoms in total. The van der Waals surface area contributed by atoms with Crippen molar-refractivity contribution in [3.8, 4) is 0 Å². The molecule has 0 spiro atoms. The zero-order valence-corrected chi connectivity index (χ0v) is 12.3. The van der Waals surface area contributed by atoms with Crippen molar-refractivity contribution in [2.75, 3.05) is 26.7 Å². The zero-order valence-electron chi connectivity index (χ0n) is 12.3. The number of nitrogens with two attached hydrogens (primary N) is 1. The van der Waals surface area contributed by atoms with Crippen LogP contribution in [0.4, 0.5) is 4.79 Å². The summed E-state index contributed by atoms with van der Waals surface area (Å²) in [6, 6.07) is 0.0253. The first-order valence-electron chi connectivity index (χ1n) is 6.68. The fourth-order valence-electron chi connectivity index (χ4n) is 2.11. The van der Waals surface area contributed by atoms with E-state index in [0.29, 0.717) is 13.1 Å². The standard InChI is InChI=1S/C13H25N3O3/c1-13(2,3)19-12(18)16-7-5-6-10(9-16)15(4)11(17)8-14/h10H,5-9,14H2,1-4H3/t10-/m1/s1. The minimum Gasteiger partial charge on any atom is -0.444 e. The van der Waals surface area contributed by atoms with Crippen LogP contribution in [0.25, 0.3) is 0 Å². The lowest BCUT2D eigenvalue weighted by Crippen LogP contribution is -2.52. The third kappa shape index (κ3) is 4.70. The molecular weight excluding hydrogens is 246 g/mol. The van der Waals surface area contributed by atoms with Gasteiger partial charge in [0.05, 0.1) is 6.54 Å². The van der Waals surface area contributed by atoms with Crippen LogP contribution in [0.15, 0.2) is 0 Å². The summed E-state index contributed by atoms with van der Waals surface area (Å²) in [5, 5.41) is 0. The number of nitrogens with zero attached hydrogens (tertiary/aromatic N) is 2. The van der Waals surface area contributed by atoms with E-state index in [1.54, 1.807) is 16.8 Å². The SMILES string of the molecule is CN(C(=O)CN)[C@@H]1CCCN(C(=O)OC(C)(C)C)C1. The summed E-state index contributed by atoms with van der Waals surface area (Å²) in [5.41, 5.74) is 4.86. The Hall–Kier alpha value is -1.30. The molecule has 1 rings (SSSR count). The van der Waals surface area contributed by atoms with Crippen molar-refractivity contribution in [1.82, 2.24) is 9.80 Å². The van der Waals surface area contributed by atoms with E-state index in [0.717, 1.165) is 12.8 Å². The Bertz CT molecular complexity index is 339. The van der Waals surface area contributed by atoms with Gasteiger partial charge in [0.1, 0.15) is 5.60 Å². The van der Waals surface area contributed by atoms with Gasteiger partial charge in [-0.2, -0.15) is 0 Å². The molecule has 0 aromatic heterocycles. The van der Waals surface area contributed by atoms with E-state index in [2.05, 4.69) is 0 Å². The van der Waals surface area contributed by atoms with E-state index in [-0.39, 0.29) is 24.6 Å². The normalized spacial score (nSPS) is 20.1. The molecule has 6 heteroatoms. The Labute approximate surface area is 114 Å². The molecule has 0 aromatic carbocycles. The van der Waals surface area contributed by atoms with Gasteiger partial charge >= 0.3 is 6.09 Å². The summed E-state index contributed by atoms with van der Waals surface area (Å²) in [6.07, 6.45) is 1.44. The molecule has 0 radical (unpaired) electrons. The van der Waals surface area contributed by atoms with Crippen molar-refractivity contribution in [1.29, 1.82) is 0 Å². The highest BCUT2D eigenvalue weighted by molar-refractivity contribution is 5.78. The van der Waals surface area contributed by atoms with E-state index in [1.165, 1.54) is 0 Å². The third-order valence-corrected chi connectivity index (χ3v) is 3.16. The number of hydrogen-bond acceptors (Lipinski definition) is 4. The highest BCUT2D eigenvalue weighted by atomic mass is 16.6. The van der Waals surface area contributed by atoms with Crippen LogP contribution in [0, 0.1) is 0 Å². The summed E-state index contributed by atoms with van der Waals surface area (Å²) in [5.74, 6) is -0.101. The van der Waals surface area contributed by atoms with Gasteiger partial charge in [0.25, 0.3) is 0 Å². The van der Waals surface area contributed by atoms with Crippen molar-refractivity contribution >= 4 is 12.0 Å². The Kier molecular flexibility index (Phi) is 5.17. The molecule has 110 valence electrons. The van der Waals surface area contributed by atoms with Gasteiger partial charge in [-0.15, -0.1) is 0 Å². The monoisotopic (exact) mass is 271 g/mol. The Morgan fingerprint density at radius 3 is 2.58 bits per heavy atom. The number of carbonyl (C=O) groups excluding carboxylic acids is 2. The van der Waals surface area contributed by atoms with Crippen molar-refractivity contribution < 1.29 is 14.3 Å². The quantitative estimate of drug-likeness (QED) is 0.806. The van der Waals surface area contributed by atoms with Crippen LogP contribution >= 0.6 is 0 Å². The van der Waals surface area contributed by atoms with E-state index in [1.807, 2.05) is 20.8 Å². The number of likely N-dealkylation sites (tertiary alicyclic amines) is 1. The first-order chi connectivity index (χ1) is 8.74. The predicted molar refractivity (Wildman–Crippen MR) is 72.7 cm³/mol. The van der Waals surface area contributed by atoms with Gasteiger partial charge in [0.2, 0.25) is 5.91 Å². The molecule has 1 heterocycles. The van der Waals surface area contributed by atoms with Crippen LogP contribution in [-0.4, -0.2) is 60.1 Å².